The molecule has 1 aliphatic heterocycles. The van der Waals surface area contributed by atoms with E-state index in [4.69, 9.17) is 5.73 Å². The van der Waals surface area contributed by atoms with Crippen LogP contribution in [0.15, 0.2) is 84.9 Å². The molecule has 0 spiro atoms. The number of likely N-dealkylation sites (tertiary alicyclic amines) is 1. The molecule has 2 aliphatic rings. The van der Waals surface area contributed by atoms with Crippen LogP contribution in [0.4, 0.5) is 0 Å². The lowest BCUT2D eigenvalue weighted by atomic mass is 9.99. The van der Waals surface area contributed by atoms with Crippen LogP contribution < -0.4 is 31.5 Å². The molecule has 2 fully saturated rings. The van der Waals surface area contributed by atoms with Crippen molar-refractivity contribution in [3.05, 3.63) is 102 Å². The molecule has 59 heavy (non-hydrogen) atoms. The number of primary amides is 1. The number of carbonyl (C=O) groups excluding carboxylic acids is 6. The second-order valence-electron chi connectivity index (χ2n) is 15.6. The van der Waals surface area contributed by atoms with Crippen molar-refractivity contribution in [2.75, 3.05) is 6.54 Å². The summed E-state index contributed by atoms with van der Waals surface area (Å²) in [7, 11) is -4.81. The van der Waals surface area contributed by atoms with Gasteiger partial charge in [0.1, 0.15) is 29.9 Å². The lowest BCUT2D eigenvalue weighted by Crippen LogP contribution is -2.59. The summed E-state index contributed by atoms with van der Waals surface area (Å²) in [6.07, 6.45) is 1.21. The van der Waals surface area contributed by atoms with Gasteiger partial charge in [-0.3, -0.25) is 38.6 Å². The Hall–Kier alpha value is -5.57. The molecule has 0 bridgehead atoms. The third-order valence-electron chi connectivity index (χ3n) is 10.4. The number of rotatable bonds is 21. The Kier molecular flexibility index (Phi) is 15.4. The van der Waals surface area contributed by atoms with E-state index >= 15 is 0 Å². The van der Waals surface area contributed by atoms with Crippen molar-refractivity contribution in [1.82, 2.24) is 26.2 Å². The summed E-state index contributed by atoms with van der Waals surface area (Å²) in [4.78, 5) is 101. The van der Waals surface area contributed by atoms with Crippen molar-refractivity contribution in [2.45, 2.75) is 89.5 Å². The summed E-state index contributed by atoms with van der Waals surface area (Å²) in [5, 5.41) is 11.2. The lowest BCUT2D eigenvalue weighted by molar-refractivity contribution is -0.143. The number of aryl methyl sites for hydroxylation is 1. The van der Waals surface area contributed by atoms with Gasteiger partial charge in [0.25, 0.3) is 0 Å². The molecule has 6 amide bonds. The molecule has 1 aliphatic carbocycles. The van der Waals surface area contributed by atoms with Gasteiger partial charge >= 0.3 is 7.82 Å². The number of carbonyl (C=O) groups is 6. The van der Waals surface area contributed by atoms with Gasteiger partial charge in [-0.05, 0) is 72.3 Å². The molecule has 1 saturated carbocycles. The first kappa shape index (κ1) is 44.5. The molecular weight excluding hydrogens is 779 g/mol. The van der Waals surface area contributed by atoms with Gasteiger partial charge < -0.3 is 36.4 Å². The number of phosphoric ester groups is 1. The van der Waals surface area contributed by atoms with Gasteiger partial charge in [-0.25, -0.2) is 4.57 Å². The quantitative estimate of drug-likeness (QED) is 0.0772. The molecule has 8 N–H and O–H groups in total. The molecule has 0 radical (unpaired) electrons. The van der Waals surface area contributed by atoms with Crippen LogP contribution >= 0.6 is 7.82 Å². The highest BCUT2D eigenvalue weighted by molar-refractivity contribution is 7.46. The van der Waals surface area contributed by atoms with Gasteiger partial charge in [-0.15, -0.1) is 0 Å². The molecule has 3 aromatic carbocycles. The number of hydrogen-bond donors (Lipinski definition) is 7. The summed E-state index contributed by atoms with van der Waals surface area (Å²) >= 11 is 0. The molecule has 0 unspecified atom stereocenters. The smallest absolute Gasteiger partial charge is 0.404 e. The van der Waals surface area contributed by atoms with Crippen molar-refractivity contribution >= 4 is 43.3 Å². The molecular formula is C42H53N6O10P. The second kappa shape index (κ2) is 20.4. The fourth-order valence-electron chi connectivity index (χ4n) is 7.35. The highest BCUT2D eigenvalue weighted by Gasteiger charge is 2.57. The Morgan fingerprint density at radius 1 is 0.797 bits per heavy atom. The minimum Gasteiger partial charge on any atom is -0.404 e. The number of nitrogens with zero attached hydrogens (tertiary/aromatic N) is 1. The van der Waals surface area contributed by atoms with Gasteiger partial charge in [0.2, 0.25) is 35.4 Å². The Morgan fingerprint density at radius 3 is 2.05 bits per heavy atom. The third kappa shape index (κ3) is 13.8. The second-order valence-corrected chi connectivity index (χ2v) is 16.8. The number of phosphoric acid groups is 1. The summed E-state index contributed by atoms with van der Waals surface area (Å²) < 4.78 is 16.0. The maximum atomic E-state index is 14.4. The molecule has 3 aromatic rings. The van der Waals surface area contributed by atoms with Gasteiger partial charge in [-0.1, -0.05) is 86.6 Å². The standard InChI is InChI=1S/C42H53N6O10P/c1-26(2)21-35(47-40(52)34(45-37(50)20-15-27-9-5-3-6-10-27)22-28-13-16-31(17-14-28)58-59(55,56)57)42(54)48-25-30-23-32(30)38(48)41(53)46-33(18-19-36(43)49)39(51)44-24-29-11-7-4-8-12-29/h3-14,16-17,26,30,32-35,38H,15,18-25H2,1-2H3,(H2,43,49)(H,44,51)(H,45,50)(H,46,53)(H,47,52)(H2,55,56,57)/t30-,32-,33-,34-,35-,38-/m0/s1. The first-order valence-corrected chi connectivity index (χ1v) is 21.3. The van der Waals surface area contributed by atoms with Crippen LogP contribution in [0.25, 0.3) is 0 Å². The zero-order valence-corrected chi connectivity index (χ0v) is 34.0. The first-order valence-electron chi connectivity index (χ1n) is 19.7. The average molecular weight is 833 g/mol. The number of nitrogens with one attached hydrogen (secondary N) is 4. The number of nitrogens with two attached hydrogens (primary N) is 1. The summed E-state index contributed by atoms with van der Waals surface area (Å²) in [5.41, 5.74) is 7.70. The van der Waals surface area contributed by atoms with Crippen LogP contribution in [-0.4, -0.2) is 80.8 Å². The van der Waals surface area contributed by atoms with Gasteiger partial charge in [0, 0.05) is 32.4 Å². The van der Waals surface area contributed by atoms with Crippen LogP contribution in [0.1, 0.15) is 62.6 Å². The predicted octanol–water partition coefficient (Wildman–Crippen LogP) is 2.26. The van der Waals surface area contributed by atoms with Crippen LogP contribution in [0.5, 0.6) is 5.75 Å². The topological polar surface area (TPSA) is 247 Å². The molecule has 316 valence electrons. The number of amides is 6. The summed E-state index contributed by atoms with van der Waals surface area (Å²) in [5.74, 6) is -3.44. The summed E-state index contributed by atoms with van der Waals surface area (Å²) in [6, 6.07) is 20.0. The highest BCUT2D eigenvalue weighted by atomic mass is 31.2. The number of hydrogen-bond acceptors (Lipinski definition) is 8. The normalized spacial score (nSPS) is 18.5. The molecule has 1 heterocycles. The van der Waals surface area contributed by atoms with E-state index in [0.29, 0.717) is 18.4 Å². The van der Waals surface area contributed by atoms with E-state index in [9.17, 15) is 43.1 Å². The minimum atomic E-state index is -4.81. The predicted molar refractivity (Wildman–Crippen MR) is 217 cm³/mol. The lowest BCUT2D eigenvalue weighted by Gasteiger charge is -2.33. The van der Waals surface area contributed by atoms with E-state index in [1.54, 1.807) is 0 Å². The molecule has 6 atom stereocenters. The highest BCUT2D eigenvalue weighted by Crippen LogP contribution is 2.50. The fraction of sp³-hybridized carbons (Fsp3) is 0.429. The first-order chi connectivity index (χ1) is 28.1. The van der Waals surface area contributed by atoms with Gasteiger partial charge in [0.15, 0.2) is 0 Å². The fourth-order valence-corrected chi connectivity index (χ4v) is 7.75. The van der Waals surface area contributed by atoms with E-state index in [1.807, 2.05) is 74.5 Å². The number of piperidine rings is 1. The van der Waals surface area contributed by atoms with E-state index < -0.39 is 67.4 Å². The van der Waals surface area contributed by atoms with Gasteiger partial charge in [0.05, 0.1) is 0 Å². The number of fused-ring (bicyclic) bond motifs is 1. The zero-order chi connectivity index (χ0) is 42.7. The molecule has 0 aromatic heterocycles. The maximum absolute atomic E-state index is 14.4. The summed E-state index contributed by atoms with van der Waals surface area (Å²) in [6.45, 7) is 4.25. The van der Waals surface area contributed by atoms with Crippen molar-refractivity contribution in [3.8, 4) is 5.75 Å². The van der Waals surface area contributed by atoms with E-state index in [2.05, 4.69) is 25.8 Å². The van der Waals surface area contributed by atoms with E-state index in [-0.39, 0.29) is 68.7 Å². The van der Waals surface area contributed by atoms with Crippen molar-refractivity contribution in [3.63, 3.8) is 0 Å². The van der Waals surface area contributed by atoms with Crippen LogP contribution in [-0.2, 0) is 52.7 Å². The third-order valence-corrected chi connectivity index (χ3v) is 10.8. The van der Waals surface area contributed by atoms with E-state index in [0.717, 1.165) is 11.1 Å². The van der Waals surface area contributed by atoms with Gasteiger partial charge in [-0.2, -0.15) is 0 Å². The van der Waals surface area contributed by atoms with Crippen LogP contribution in [0.3, 0.4) is 0 Å². The van der Waals surface area contributed by atoms with E-state index in [1.165, 1.54) is 29.2 Å². The molecule has 17 heteroatoms. The van der Waals surface area contributed by atoms with Crippen molar-refractivity contribution in [1.29, 1.82) is 0 Å². The monoisotopic (exact) mass is 832 g/mol. The van der Waals surface area contributed by atoms with Crippen molar-refractivity contribution < 1.29 is 47.6 Å². The Balaban J connectivity index is 1.31. The Labute approximate surface area is 343 Å². The molecule has 16 nitrogen and oxygen atoms in total. The SMILES string of the molecule is CC(C)C[C@H](NC(=O)[C@H](Cc1ccc(OP(=O)(O)O)cc1)NC(=O)CCc1ccccc1)C(=O)N1C[C@@H]2C[C@@H]2[C@H]1C(=O)N[C@@H](CCC(N)=O)C(=O)NCc1ccccc1. The molecule has 5 rings (SSSR count). The molecule has 1 saturated heterocycles. The number of benzene rings is 3. The van der Waals surface area contributed by atoms with Crippen molar-refractivity contribution in [2.24, 2.45) is 23.5 Å². The minimum absolute atomic E-state index is 0.0282. The average Bonchev–Trinajstić information content (AvgIpc) is 3.85. The van der Waals surface area contributed by atoms with Crippen LogP contribution in [0, 0.1) is 17.8 Å². The Morgan fingerprint density at radius 2 is 1.44 bits per heavy atom. The zero-order valence-electron chi connectivity index (χ0n) is 33.1. The largest absolute Gasteiger partial charge is 0.524 e. The maximum Gasteiger partial charge on any atom is 0.524 e. The Bertz CT molecular complexity index is 2000. The van der Waals surface area contributed by atoms with Crippen LogP contribution in [0.2, 0.25) is 0 Å².